The Morgan fingerprint density at radius 3 is 2.35 bits per heavy atom. The van der Waals surface area contributed by atoms with Crippen molar-refractivity contribution in [3.05, 3.63) is 24.3 Å². The Bertz CT molecular complexity index is 592. The number of anilines is 1. The summed E-state index contributed by atoms with van der Waals surface area (Å²) < 4.78 is 11.1. The molecule has 0 aliphatic carbocycles. The standard InChI is InChI=1S/C19H33BN2O4/c1-17(2,3)25-16(23)22-12-11-21-15-10-8-9-14(13-15)20-26-19(6,7)18(4,5)24/h8-10,13,20-21,24H,11-12H2,1-7H3,(H,22,23). The molecule has 0 spiro atoms. The van der Waals surface area contributed by atoms with Gasteiger partial charge in [-0.05, 0) is 60.6 Å². The fourth-order valence-electron chi connectivity index (χ4n) is 1.90. The second-order valence-corrected chi connectivity index (χ2v) is 8.41. The normalized spacial score (nSPS) is 12.5. The van der Waals surface area contributed by atoms with Gasteiger partial charge in [0.1, 0.15) is 5.60 Å². The number of hydrogen-bond donors (Lipinski definition) is 3. The van der Waals surface area contributed by atoms with Gasteiger partial charge in [0.25, 0.3) is 0 Å². The Labute approximate surface area is 157 Å². The molecule has 0 radical (unpaired) electrons. The lowest BCUT2D eigenvalue weighted by Crippen LogP contribution is -2.49. The van der Waals surface area contributed by atoms with E-state index in [0.717, 1.165) is 11.2 Å². The molecule has 0 aliphatic heterocycles. The van der Waals surface area contributed by atoms with Crippen molar-refractivity contribution in [1.29, 1.82) is 0 Å². The first-order chi connectivity index (χ1) is 11.8. The molecule has 1 amide bonds. The summed E-state index contributed by atoms with van der Waals surface area (Å²) in [6, 6.07) is 7.87. The summed E-state index contributed by atoms with van der Waals surface area (Å²) in [5.74, 6) is 0. The molecule has 146 valence electrons. The number of aliphatic hydroxyl groups is 1. The molecule has 1 rings (SSSR count). The lowest BCUT2D eigenvalue weighted by Gasteiger charge is -2.37. The van der Waals surface area contributed by atoms with Crippen LogP contribution in [-0.4, -0.2) is 48.6 Å². The first-order valence-electron chi connectivity index (χ1n) is 8.96. The summed E-state index contributed by atoms with van der Waals surface area (Å²) in [7, 11) is 0.405. The van der Waals surface area contributed by atoms with E-state index in [9.17, 15) is 9.90 Å². The summed E-state index contributed by atoms with van der Waals surface area (Å²) in [4.78, 5) is 11.6. The molecule has 7 heteroatoms. The van der Waals surface area contributed by atoms with Gasteiger partial charge in [-0.1, -0.05) is 17.6 Å². The van der Waals surface area contributed by atoms with Crippen LogP contribution in [0, 0.1) is 0 Å². The zero-order valence-corrected chi connectivity index (χ0v) is 17.1. The molecular formula is C19H33BN2O4. The van der Waals surface area contributed by atoms with Crippen LogP contribution in [0.4, 0.5) is 10.5 Å². The van der Waals surface area contributed by atoms with Gasteiger partial charge in [0.15, 0.2) is 0 Å². The van der Waals surface area contributed by atoms with Crippen LogP contribution in [0.1, 0.15) is 48.5 Å². The second-order valence-electron chi connectivity index (χ2n) is 8.41. The smallest absolute Gasteiger partial charge is 0.407 e. The van der Waals surface area contributed by atoms with E-state index >= 15 is 0 Å². The third-order valence-corrected chi connectivity index (χ3v) is 4.12. The number of rotatable bonds is 8. The molecule has 0 saturated carbocycles. The van der Waals surface area contributed by atoms with Crippen molar-refractivity contribution in [3.63, 3.8) is 0 Å². The average Bonchev–Trinajstić information content (AvgIpc) is 2.47. The van der Waals surface area contributed by atoms with E-state index in [1.54, 1.807) is 13.8 Å². The average molecular weight is 364 g/mol. The van der Waals surface area contributed by atoms with Gasteiger partial charge < -0.3 is 25.1 Å². The van der Waals surface area contributed by atoms with E-state index in [0.29, 0.717) is 20.6 Å². The highest BCUT2D eigenvalue weighted by atomic mass is 16.6. The minimum absolute atomic E-state index is 0.405. The van der Waals surface area contributed by atoms with Gasteiger partial charge in [0.05, 0.1) is 11.2 Å². The maximum Gasteiger partial charge on any atom is 0.407 e. The number of carbonyl (C=O) groups excluding carboxylic acids is 1. The van der Waals surface area contributed by atoms with Crippen molar-refractivity contribution in [2.45, 2.75) is 65.3 Å². The number of hydrogen-bond acceptors (Lipinski definition) is 5. The highest BCUT2D eigenvalue weighted by Gasteiger charge is 2.35. The third kappa shape index (κ3) is 8.10. The molecule has 0 heterocycles. The summed E-state index contributed by atoms with van der Waals surface area (Å²) in [6.07, 6.45) is -0.421. The molecule has 1 aromatic carbocycles. The van der Waals surface area contributed by atoms with Crippen LogP contribution in [0.2, 0.25) is 0 Å². The summed E-state index contributed by atoms with van der Waals surface area (Å²) >= 11 is 0. The van der Waals surface area contributed by atoms with E-state index in [2.05, 4.69) is 10.6 Å². The van der Waals surface area contributed by atoms with Crippen LogP contribution in [-0.2, 0) is 9.39 Å². The molecule has 3 N–H and O–H groups in total. The monoisotopic (exact) mass is 364 g/mol. The number of amides is 1. The Balaban J connectivity index is 2.44. The molecule has 0 saturated heterocycles. The molecular weight excluding hydrogens is 331 g/mol. The Morgan fingerprint density at radius 1 is 1.12 bits per heavy atom. The van der Waals surface area contributed by atoms with Crippen molar-refractivity contribution in [2.75, 3.05) is 18.4 Å². The molecule has 1 aromatic rings. The first-order valence-corrected chi connectivity index (χ1v) is 8.96. The van der Waals surface area contributed by atoms with Gasteiger partial charge in [-0.15, -0.1) is 0 Å². The van der Waals surface area contributed by atoms with Crippen molar-refractivity contribution >= 4 is 24.7 Å². The molecule has 0 aliphatic rings. The van der Waals surface area contributed by atoms with Crippen molar-refractivity contribution in [2.24, 2.45) is 0 Å². The van der Waals surface area contributed by atoms with E-state index in [4.69, 9.17) is 9.39 Å². The fourth-order valence-corrected chi connectivity index (χ4v) is 1.90. The molecule has 6 nitrogen and oxygen atoms in total. The first kappa shape index (κ1) is 22.3. The Morgan fingerprint density at radius 2 is 1.77 bits per heavy atom. The number of carbonyl (C=O) groups is 1. The highest BCUT2D eigenvalue weighted by Crippen LogP contribution is 2.24. The molecule has 0 atom stereocenters. The van der Waals surface area contributed by atoms with Crippen molar-refractivity contribution in [1.82, 2.24) is 5.32 Å². The molecule has 0 fully saturated rings. The number of alkyl carbamates (subject to hydrolysis) is 1. The van der Waals surface area contributed by atoms with Gasteiger partial charge in [0, 0.05) is 18.8 Å². The van der Waals surface area contributed by atoms with Crippen LogP contribution in [0.25, 0.3) is 0 Å². The molecule has 26 heavy (non-hydrogen) atoms. The van der Waals surface area contributed by atoms with Gasteiger partial charge >= 0.3 is 13.6 Å². The van der Waals surface area contributed by atoms with Crippen LogP contribution < -0.4 is 16.1 Å². The van der Waals surface area contributed by atoms with Crippen LogP contribution in [0.15, 0.2) is 24.3 Å². The van der Waals surface area contributed by atoms with Gasteiger partial charge in [-0.2, -0.15) is 0 Å². The minimum Gasteiger partial charge on any atom is -0.444 e. The quantitative estimate of drug-likeness (QED) is 0.487. The largest absolute Gasteiger partial charge is 0.444 e. The van der Waals surface area contributed by atoms with Gasteiger partial charge in [-0.3, -0.25) is 0 Å². The maximum absolute atomic E-state index is 11.6. The molecule has 0 aromatic heterocycles. The van der Waals surface area contributed by atoms with Crippen molar-refractivity contribution < 1.29 is 19.3 Å². The topological polar surface area (TPSA) is 79.8 Å². The maximum atomic E-state index is 11.6. The highest BCUT2D eigenvalue weighted by molar-refractivity contribution is 6.47. The van der Waals surface area contributed by atoms with Gasteiger partial charge in [0.2, 0.25) is 0 Å². The Hall–Kier alpha value is -1.73. The lowest BCUT2D eigenvalue weighted by atomic mass is 9.82. The zero-order valence-electron chi connectivity index (χ0n) is 17.1. The van der Waals surface area contributed by atoms with Crippen molar-refractivity contribution in [3.8, 4) is 0 Å². The summed E-state index contributed by atoms with van der Waals surface area (Å²) in [5.41, 5.74) is -0.141. The number of benzene rings is 1. The summed E-state index contributed by atoms with van der Waals surface area (Å²) in [5, 5.41) is 16.1. The number of ether oxygens (including phenoxy) is 1. The van der Waals surface area contributed by atoms with E-state index < -0.39 is 22.9 Å². The number of nitrogens with one attached hydrogen (secondary N) is 2. The summed E-state index contributed by atoms with van der Waals surface area (Å²) in [6.45, 7) is 13.8. The van der Waals surface area contributed by atoms with E-state index in [1.807, 2.05) is 58.9 Å². The molecule has 0 unspecified atom stereocenters. The van der Waals surface area contributed by atoms with E-state index in [1.165, 1.54) is 0 Å². The molecule has 0 bridgehead atoms. The third-order valence-electron chi connectivity index (χ3n) is 4.12. The minimum atomic E-state index is -0.934. The fraction of sp³-hybridized carbons (Fsp3) is 0.632. The van der Waals surface area contributed by atoms with Gasteiger partial charge in [-0.25, -0.2) is 4.79 Å². The van der Waals surface area contributed by atoms with Crippen LogP contribution in [0.3, 0.4) is 0 Å². The Kier molecular flexibility index (Phi) is 7.53. The zero-order chi connectivity index (χ0) is 20.0. The van der Waals surface area contributed by atoms with Crippen LogP contribution in [0.5, 0.6) is 0 Å². The lowest BCUT2D eigenvalue weighted by molar-refractivity contribution is -0.0893. The predicted octanol–water partition coefficient (Wildman–Crippen LogP) is 2.17. The van der Waals surface area contributed by atoms with E-state index in [-0.39, 0.29) is 0 Å². The second kappa shape index (κ2) is 8.78. The van der Waals surface area contributed by atoms with Crippen LogP contribution >= 0.6 is 0 Å². The SMILES string of the molecule is CC(C)(C)OC(=O)NCCNc1cccc(BOC(C)(C)C(C)(C)O)c1. The predicted molar refractivity (Wildman–Crippen MR) is 107 cm³/mol.